The molecule has 1 aromatic rings. The molecule has 0 aromatic heterocycles. The van der Waals surface area contributed by atoms with Gasteiger partial charge in [0.15, 0.2) is 0 Å². The Bertz CT molecular complexity index is 475. The van der Waals surface area contributed by atoms with Crippen molar-refractivity contribution < 1.29 is 9.59 Å². The maximum absolute atomic E-state index is 12.0. The van der Waals surface area contributed by atoms with Gasteiger partial charge in [-0.25, -0.2) is 0 Å². The third-order valence-corrected chi connectivity index (χ3v) is 3.19. The number of anilines is 1. The van der Waals surface area contributed by atoms with Crippen LogP contribution in [0.4, 0.5) is 5.69 Å². The molecule has 20 heavy (non-hydrogen) atoms. The molecule has 3 N–H and O–H groups in total. The summed E-state index contributed by atoms with van der Waals surface area (Å²) in [4.78, 5) is 23.5. The predicted octanol–water partition coefficient (Wildman–Crippen LogP) is 1.05. The van der Waals surface area contributed by atoms with Gasteiger partial charge in [-0.3, -0.25) is 9.59 Å². The van der Waals surface area contributed by atoms with Gasteiger partial charge in [-0.1, -0.05) is 18.2 Å². The first-order valence-corrected chi connectivity index (χ1v) is 6.98. The molecule has 1 atom stereocenters. The van der Waals surface area contributed by atoms with Gasteiger partial charge in [-0.2, -0.15) is 0 Å². The van der Waals surface area contributed by atoms with Gasteiger partial charge in [-0.05, 0) is 25.5 Å². The van der Waals surface area contributed by atoms with Crippen LogP contribution in [-0.4, -0.2) is 30.4 Å². The van der Waals surface area contributed by atoms with Gasteiger partial charge in [0.2, 0.25) is 11.8 Å². The van der Waals surface area contributed by atoms with Gasteiger partial charge >= 0.3 is 0 Å². The number of fused-ring (bicyclic) bond motifs is 1. The van der Waals surface area contributed by atoms with E-state index in [1.165, 1.54) is 0 Å². The second kappa shape index (κ2) is 6.41. The lowest BCUT2D eigenvalue weighted by Gasteiger charge is -2.12. The number of carbonyl (C=O) groups is 2. The van der Waals surface area contributed by atoms with Crippen LogP contribution in [0.5, 0.6) is 0 Å². The third-order valence-electron chi connectivity index (χ3n) is 3.19. The molecule has 0 fully saturated rings. The maximum Gasteiger partial charge on any atom is 0.242 e. The lowest BCUT2D eigenvalue weighted by atomic mass is 10.1. The molecule has 1 aromatic carbocycles. The Morgan fingerprint density at radius 2 is 2.10 bits per heavy atom. The van der Waals surface area contributed by atoms with Crippen molar-refractivity contribution in [3.05, 3.63) is 29.8 Å². The van der Waals surface area contributed by atoms with E-state index in [1.54, 1.807) is 0 Å². The van der Waals surface area contributed by atoms with Gasteiger partial charge in [0, 0.05) is 31.1 Å². The summed E-state index contributed by atoms with van der Waals surface area (Å²) in [6.45, 7) is 4.19. The summed E-state index contributed by atoms with van der Waals surface area (Å²) >= 11 is 0. The predicted molar refractivity (Wildman–Crippen MR) is 78.5 cm³/mol. The molecular weight excluding hydrogens is 254 g/mol. The molecule has 0 spiro atoms. The van der Waals surface area contributed by atoms with E-state index in [0.717, 1.165) is 11.3 Å². The molecule has 1 heterocycles. The van der Waals surface area contributed by atoms with Gasteiger partial charge in [0.25, 0.3) is 0 Å². The zero-order valence-corrected chi connectivity index (χ0v) is 11.9. The Kier molecular flexibility index (Phi) is 4.61. The molecule has 0 aliphatic carbocycles. The molecule has 5 nitrogen and oxygen atoms in total. The fraction of sp³-hybridized carbons (Fsp3) is 0.467. The number of para-hydroxylation sites is 1. The smallest absolute Gasteiger partial charge is 0.242 e. The van der Waals surface area contributed by atoms with Crippen molar-refractivity contribution in [2.45, 2.75) is 38.8 Å². The number of amides is 2. The SMILES string of the molecule is CC(C)NC(=O)CCNC(=O)C1Cc2ccccc2N1. The molecule has 0 saturated heterocycles. The minimum Gasteiger partial charge on any atom is -0.373 e. The summed E-state index contributed by atoms with van der Waals surface area (Å²) in [5.41, 5.74) is 2.18. The Labute approximate surface area is 119 Å². The molecule has 1 unspecified atom stereocenters. The molecular formula is C15H21N3O2. The van der Waals surface area contributed by atoms with Gasteiger partial charge in [0.05, 0.1) is 0 Å². The lowest BCUT2D eigenvalue weighted by molar-refractivity contribution is -0.122. The van der Waals surface area contributed by atoms with E-state index in [0.29, 0.717) is 19.4 Å². The standard InChI is InChI=1S/C15H21N3O2/c1-10(2)17-14(19)7-8-16-15(20)13-9-11-5-3-4-6-12(11)18-13/h3-6,10,13,18H,7-9H2,1-2H3,(H,16,20)(H,17,19). The van der Waals surface area contributed by atoms with Crippen LogP contribution in [0.2, 0.25) is 0 Å². The quantitative estimate of drug-likeness (QED) is 0.752. The first kappa shape index (κ1) is 14.4. The summed E-state index contributed by atoms with van der Waals surface area (Å²) in [5, 5.41) is 8.79. The first-order valence-electron chi connectivity index (χ1n) is 6.98. The average molecular weight is 275 g/mol. The molecule has 2 amide bonds. The van der Waals surface area contributed by atoms with Crippen molar-refractivity contribution in [3.8, 4) is 0 Å². The highest BCUT2D eigenvalue weighted by molar-refractivity contribution is 5.87. The minimum atomic E-state index is -0.236. The summed E-state index contributed by atoms with van der Waals surface area (Å²) in [6.07, 6.45) is 1.00. The van der Waals surface area contributed by atoms with Crippen LogP contribution in [0.1, 0.15) is 25.8 Å². The van der Waals surface area contributed by atoms with Crippen LogP contribution in [-0.2, 0) is 16.0 Å². The second-order valence-corrected chi connectivity index (χ2v) is 5.32. The Hall–Kier alpha value is -2.04. The van der Waals surface area contributed by atoms with Crippen LogP contribution in [0.15, 0.2) is 24.3 Å². The average Bonchev–Trinajstić information content (AvgIpc) is 2.81. The molecule has 0 radical (unpaired) electrons. The van der Waals surface area contributed by atoms with E-state index in [-0.39, 0.29) is 23.9 Å². The Morgan fingerprint density at radius 3 is 2.80 bits per heavy atom. The Balaban J connectivity index is 1.73. The zero-order valence-electron chi connectivity index (χ0n) is 11.9. The molecule has 5 heteroatoms. The minimum absolute atomic E-state index is 0.0389. The summed E-state index contributed by atoms with van der Waals surface area (Å²) in [5.74, 6) is -0.0958. The van der Waals surface area contributed by atoms with Crippen molar-refractivity contribution in [3.63, 3.8) is 0 Å². The number of benzene rings is 1. The van der Waals surface area contributed by atoms with Crippen molar-refractivity contribution in [2.24, 2.45) is 0 Å². The molecule has 0 bridgehead atoms. The molecule has 2 rings (SSSR count). The summed E-state index contributed by atoms with van der Waals surface area (Å²) in [7, 11) is 0. The molecule has 1 aliphatic heterocycles. The van der Waals surface area contributed by atoms with Crippen molar-refractivity contribution in [1.29, 1.82) is 0 Å². The van der Waals surface area contributed by atoms with E-state index in [9.17, 15) is 9.59 Å². The lowest BCUT2D eigenvalue weighted by Crippen LogP contribution is -2.40. The first-order chi connectivity index (χ1) is 9.56. The van der Waals surface area contributed by atoms with Crippen LogP contribution < -0.4 is 16.0 Å². The van der Waals surface area contributed by atoms with E-state index >= 15 is 0 Å². The monoisotopic (exact) mass is 275 g/mol. The number of carbonyl (C=O) groups excluding carboxylic acids is 2. The molecule has 0 saturated carbocycles. The zero-order chi connectivity index (χ0) is 14.5. The van der Waals surface area contributed by atoms with Gasteiger partial charge < -0.3 is 16.0 Å². The van der Waals surface area contributed by atoms with E-state index < -0.39 is 0 Å². The summed E-state index contributed by atoms with van der Waals surface area (Å²) in [6, 6.07) is 7.80. The highest BCUT2D eigenvalue weighted by Gasteiger charge is 2.25. The van der Waals surface area contributed by atoms with Crippen molar-refractivity contribution >= 4 is 17.5 Å². The largest absolute Gasteiger partial charge is 0.373 e. The molecule has 1 aliphatic rings. The normalized spacial score (nSPS) is 16.4. The van der Waals surface area contributed by atoms with Crippen LogP contribution in [0.3, 0.4) is 0 Å². The number of rotatable bonds is 5. The van der Waals surface area contributed by atoms with Crippen molar-refractivity contribution in [1.82, 2.24) is 10.6 Å². The number of hydrogen-bond acceptors (Lipinski definition) is 3. The van der Waals surface area contributed by atoms with Gasteiger partial charge in [-0.15, -0.1) is 0 Å². The van der Waals surface area contributed by atoms with Crippen LogP contribution in [0.25, 0.3) is 0 Å². The second-order valence-electron chi connectivity index (χ2n) is 5.32. The highest BCUT2D eigenvalue weighted by Crippen LogP contribution is 2.24. The number of hydrogen-bond donors (Lipinski definition) is 3. The summed E-state index contributed by atoms with van der Waals surface area (Å²) < 4.78 is 0. The highest BCUT2D eigenvalue weighted by atomic mass is 16.2. The van der Waals surface area contributed by atoms with E-state index in [4.69, 9.17) is 0 Å². The van der Waals surface area contributed by atoms with Crippen LogP contribution in [0, 0.1) is 0 Å². The third kappa shape index (κ3) is 3.73. The fourth-order valence-corrected chi connectivity index (χ4v) is 2.27. The number of nitrogens with one attached hydrogen (secondary N) is 3. The van der Waals surface area contributed by atoms with Crippen molar-refractivity contribution in [2.75, 3.05) is 11.9 Å². The Morgan fingerprint density at radius 1 is 1.35 bits per heavy atom. The van der Waals surface area contributed by atoms with E-state index in [2.05, 4.69) is 16.0 Å². The topological polar surface area (TPSA) is 70.2 Å². The molecule has 108 valence electrons. The van der Waals surface area contributed by atoms with Gasteiger partial charge in [0.1, 0.15) is 6.04 Å². The van der Waals surface area contributed by atoms with Crippen LogP contribution >= 0.6 is 0 Å². The fourth-order valence-electron chi connectivity index (χ4n) is 2.27. The van der Waals surface area contributed by atoms with E-state index in [1.807, 2.05) is 38.1 Å². The maximum atomic E-state index is 12.0.